The topological polar surface area (TPSA) is 39.4 Å². The van der Waals surface area contributed by atoms with Crippen molar-refractivity contribution < 1.29 is 9.15 Å². The molecule has 0 saturated heterocycles. The highest BCUT2D eigenvalue weighted by atomic mass is 35.5. The van der Waals surface area contributed by atoms with Crippen LogP contribution >= 0.6 is 23.2 Å². The van der Waals surface area contributed by atoms with E-state index in [4.69, 9.17) is 32.4 Å². The maximum absolute atomic E-state index is 12.6. The van der Waals surface area contributed by atoms with Crippen LogP contribution in [0.1, 0.15) is 5.56 Å². The average molecular weight is 397 g/mol. The molecule has 0 fully saturated rings. The molecule has 0 N–H and O–H groups in total. The number of ether oxygens (including phenoxy) is 1. The Bertz CT molecular complexity index is 1160. The first kappa shape index (κ1) is 17.7. The fourth-order valence-electron chi connectivity index (χ4n) is 2.78. The summed E-state index contributed by atoms with van der Waals surface area (Å²) in [7, 11) is 0. The summed E-state index contributed by atoms with van der Waals surface area (Å²) >= 11 is 11.9. The summed E-state index contributed by atoms with van der Waals surface area (Å²) < 4.78 is 11.7. The Morgan fingerprint density at radius 3 is 2.44 bits per heavy atom. The van der Waals surface area contributed by atoms with E-state index in [1.807, 2.05) is 36.4 Å². The first-order chi connectivity index (χ1) is 13.1. The van der Waals surface area contributed by atoms with Crippen LogP contribution in [0.4, 0.5) is 0 Å². The van der Waals surface area contributed by atoms with Crippen LogP contribution in [0.15, 0.2) is 82.0 Å². The van der Waals surface area contributed by atoms with Gasteiger partial charge in [-0.1, -0.05) is 35.3 Å². The highest BCUT2D eigenvalue weighted by Crippen LogP contribution is 2.26. The van der Waals surface area contributed by atoms with Gasteiger partial charge in [0.2, 0.25) is 0 Å². The Balaban J connectivity index is 1.63. The number of hydrogen-bond acceptors (Lipinski definition) is 3. The Morgan fingerprint density at radius 2 is 1.67 bits per heavy atom. The van der Waals surface area contributed by atoms with Crippen LogP contribution in [0.25, 0.3) is 22.3 Å². The molecular formula is C22H14Cl2O3. The zero-order valence-electron chi connectivity index (χ0n) is 14.1. The molecular weight excluding hydrogens is 383 g/mol. The molecule has 0 saturated carbocycles. The third-order valence-electron chi connectivity index (χ3n) is 4.12. The van der Waals surface area contributed by atoms with E-state index >= 15 is 0 Å². The summed E-state index contributed by atoms with van der Waals surface area (Å²) in [6, 6.07) is 21.3. The minimum absolute atomic E-state index is 0.130. The third-order valence-corrected chi connectivity index (χ3v) is 4.61. The van der Waals surface area contributed by atoms with Crippen LogP contribution < -0.4 is 10.2 Å². The molecule has 4 rings (SSSR count). The number of rotatable bonds is 4. The van der Waals surface area contributed by atoms with Gasteiger partial charge in [-0.2, -0.15) is 0 Å². The summed E-state index contributed by atoms with van der Waals surface area (Å²) in [5, 5.41) is 1.75. The smallest absolute Gasteiger partial charge is 0.193 e. The molecule has 0 bridgehead atoms. The summed E-state index contributed by atoms with van der Waals surface area (Å²) in [5.74, 6) is 1.09. The monoisotopic (exact) mass is 396 g/mol. The largest absolute Gasteiger partial charge is 0.489 e. The average Bonchev–Trinajstić information content (AvgIpc) is 2.67. The van der Waals surface area contributed by atoms with Crippen molar-refractivity contribution >= 4 is 34.2 Å². The van der Waals surface area contributed by atoms with Gasteiger partial charge < -0.3 is 9.15 Å². The van der Waals surface area contributed by atoms with Crippen molar-refractivity contribution in [2.45, 2.75) is 6.61 Å². The molecule has 3 nitrogen and oxygen atoms in total. The zero-order chi connectivity index (χ0) is 18.8. The molecule has 134 valence electrons. The molecule has 0 aliphatic carbocycles. The minimum Gasteiger partial charge on any atom is -0.489 e. The first-order valence-corrected chi connectivity index (χ1v) is 9.05. The van der Waals surface area contributed by atoms with Gasteiger partial charge in [-0.15, -0.1) is 0 Å². The van der Waals surface area contributed by atoms with E-state index in [1.54, 1.807) is 30.3 Å². The molecule has 0 amide bonds. The summed E-state index contributed by atoms with van der Waals surface area (Å²) in [6.07, 6.45) is 0. The molecule has 27 heavy (non-hydrogen) atoms. The van der Waals surface area contributed by atoms with Crippen molar-refractivity contribution in [1.82, 2.24) is 0 Å². The number of benzene rings is 3. The van der Waals surface area contributed by atoms with Gasteiger partial charge in [0.15, 0.2) is 5.43 Å². The predicted octanol–water partition coefficient (Wildman–Crippen LogP) is 6.35. The van der Waals surface area contributed by atoms with Crippen LogP contribution in [0.2, 0.25) is 10.0 Å². The van der Waals surface area contributed by atoms with Crippen LogP contribution in [-0.4, -0.2) is 0 Å². The van der Waals surface area contributed by atoms with E-state index in [0.717, 1.165) is 11.1 Å². The number of hydrogen-bond donors (Lipinski definition) is 0. The number of halogens is 2. The van der Waals surface area contributed by atoms with Crippen molar-refractivity contribution in [1.29, 1.82) is 0 Å². The Kier molecular flexibility index (Phi) is 4.88. The fraction of sp³-hybridized carbons (Fsp3) is 0.0455. The zero-order valence-corrected chi connectivity index (χ0v) is 15.6. The van der Waals surface area contributed by atoms with E-state index in [9.17, 15) is 4.79 Å². The summed E-state index contributed by atoms with van der Waals surface area (Å²) in [4.78, 5) is 12.6. The van der Waals surface area contributed by atoms with Gasteiger partial charge >= 0.3 is 0 Å². The van der Waals surface area contributed by atoms with Gasteiger partial charge in [-0.3, -0.25) is 4.79 Å². The minimum atomic E-state index is -0.130. The molecule has 0 unspecified atom stereocenters. The van der Waals surface area contributed by atoms with Gasteiger partial charge in [-0.05, 0) is 60.2 Å². The lowest BCUT2D eigenvalue weighted by molar-refractivity contribution is 0.306. The van der Waals surface area contributed by atoms with Crippen molar-refractivity contribution in [3.63, 3.8) is 0 Å². The van der Waals surface area contributed by atoms with Crippen molar-refractivity contribution in [3.8, 4) is 17.1 Å². The third kappa shape index (κ3) is 4.00. The Labute approximate surface area is 165 Å². The van der Waals surface area contributed by atoms with Gasteiger partial charge in [0.1, 0.15) is 23.7 Å². The van der Waals surface area contributed by atoms with Gasteiger partial charge in [0.05, 0.1) is 5.39 Å². The van der Waals surface area contributed by atoms with E-state index < -0.39 is 0 Å². The van der Waals surface area contributed by atoms with Crippen LogP contribution in [0.5, 0.6) is 5.75 Å². The lowest BCUT2D eigenvalue weighted by Crippen LogP contribution is -2.01. The molecule has 0 radical (unpaired) electrons. The van der Waals surface area contributed by atoms with Gasteiger partial charge in [0, 0.05) is 21.7 Å². The first-order valence-electron chi connectivity index (χ1n) is 8.29. The Morgan fingerprint density at radius 1 is 0.852 bits per heavy atom. The predicted molar refractivity (Wildman–Crippen MR) is 109 cm³/mol. The normalized spacial score (nSPS) is 10.9. The molecule has 0 aliphatic rings. The molecule has 0 aliphatic heterocycles. The molecule has 0 spiro atoms. The SMILES string of the molecule is O=c1cc(-c2ccc(Cl)cc2)oc2ccc(OCc3cccc(Cl)c3)cc12. The molecule has 3 aromatic carbocycles. The second-order valence-electron chi connectivity index (χ2n) is 6.06. The van der Waals surface area contributed by atoms with Gasteiger partial charge in [0.25, 0.3) is 0 Å². The fourth-order valence-corrected chi connectivity index (χ4v) is 3.11. The maximum atomic E-state index is 12.6. The lowest BCUT2D eigenvalue weighted by Gasteiger charge is -2.08. The van der Waals surface area contributed by atoms with E-state index in [0.29, 0.717) is 39.1 Å². The highest BCUT2D eigenvalue weighted by molar-refractivity contribution is 6.30. The van der Waals surface area contributed by atoms with Crippen molar-refractivity contribution in [2.75, 3.05) is 0 Å². The molecule has 1 heterocycles. The maximum Gasteiger partial charge on any atom is 0.193 e. The quantitative estimate of drug-likeness (QED) is 0.403. The van der Waals surface area contributed by atoms with Crippen molar-refractivity contribution in [3.05, 3.63) is 98.6 Å². The van der Waals surface area contributed by atoms with Crippen LogP contribution in [0.3, 0.4) is 0 Å². The summed E-state index contributed by atoms with van der Waals surface area (Å²) in [6.45, 7) is 0.361. The Hall–Kier alpha value is -2.75. The van der Waals surface area contributed by atoms with E-state index in [1.165, 1.54) is 6.07 Å². The second kappa shape index (κ2) is 7.47. The highest BCUT2D eigenvalue weighted by Gasteiger charge is 2.09. The molecule has 5 heteroatoms. The second-order valence-corrected chi connectivity index (χ2v) is 6.93. The molecule has 0 atom stereocenters. The molecule has 4 aromatic rings. The lowest BCUT2D eigenvalue weighted by atomic mass is 10.1. The van der Waals surface area contributed by atoms with E-state index in [2.05, 4.69) is 0 Å². The summed E-state index contributed by atoms with van der Waals surface area (Å²) in [5.41, 5.74) is 2.12. The standard InChI is InChI=1S/C22H14Cl2O3/c23-16-6-4-15(5-7-16)22-12-20(25)19-11-18(8-9-21(19)27-22)26-13-14-2-1-3-17(24)10-14/h1-12H,13H2. The molecule has 1 aromatic heterocycles. The van der Waals surface area contributed by atoms with E-state index in [-0.39, 0.29) is 5.43 Å². The van der Waals surface area contributed by atoms with Crippen LogP contribution in [-0.2, 0) is 6.61 Å². The van der Waals surface area contributed by atoms with Gasteiger partial charge in [-0.25, -0.2) is 0 Å². The number of fused-ring (bicyclic) bond motifs is 1. The van der Waals surface area contributed by atoms with Crippen molar-refractivity contribution in [2.24, 2.45) is 0 Å². The van der Waals surface area contributed by atoms with Crippen LogP contribution in [0, 0.1) is 0 Å².